The fraction of sp³-hybridized carbons (Fsp3) is 0.406. The summed E-state index contributed by atoms with van der Waals surface area (Å²) in [7, 11) is 0. The molecule has 1 saturated heterocycles. The molecule has 1 aliphatic carbocycles. The van der Waals surface area contributed by atoms with E-state index in [1.165, 1.54) is 25.7 Å². The largest absolute Gasteiger partial charge is 0.444 e. The van der Waals surface area contributed by atoms with E-state index >= 15 is 0 Å². The summed E-state index contributed by atoms with van der Waals surface area (Å²) >= 11 is 0. The van der Waals surface area contributed by atoms with E-state index in [-0.39, 0.29) is 12.1 Å². The second-order valence-electron chi connectivity index (χ2n) is 12.4. The van der Waals surface area contributed by atoms with Gasteiger partial charge in [0.2, 0.25) is 0 Å². The maximum Gasteiger partial charge on any atom is 0.410 e. The number of benzene rings is 2. The Morgan fingerprint density at radius 1 is 0.902 bits per heavy atom. The number of ether oxygens (including phenoxy) is 1. The molecule has 1 unspecified atom stereocenters. The highest BCUT2D eigenvalue weighted by atomic mass is 16.6. The van der Waals surface area contributed by atoms with E-state index in [1.807, 2.05) is 39.1 Å². The summed E-state index contributed by atoms with van der Waals surface area (Å²) in [5.41, 5.74) is 5.91. The molecule has 1 amide bonds. The predicted octanol–water partition coefficient (Wildman–Crippen LogP) is 7.29. The Bertz CT molecular complexity index is 1740. The van der Waals surface area contributed by atoms with Gasteiger partial charge in [-0.3, -0.25) is 4.90 Å². The molecule has 0 spiro atoms. The van der Waals surface area contributed by atoms with Crippen LogP contribution in [-0.2, 0) is 4.74 Å². The van der Waals surface area contributed by atoms with Crippen LogP contribution in [0.1, 0.15) is 82.9 Å². The second kappa shape index (κ2) is 9.98. The number of H-pyrrole nitrogens is 2. The minimum atomic E-state index is -0.535. The zero-order chi connectivity index (χ0) is 28.1. The Hall–Kier alpha value is -4.27. The Morgan fingerprint density at radius 2 is 1.73 bits per heavy atom. The van der Waals surface area contributed by atoms with E-state index in [0.29, 0.717) is 12.5 Å². The number of hydrogen-bond donors (Lipinski definition) is 2. The van der Waals surface area contributed by atoms with Crippen molar-refractivity contribution in [3.63, 3.8) is 0 Å². The number of imidazole rings is 2. The number of aromatic amines is 2. The Labute approximate surface area is 238 Å². The van der Waals surface area contributed by atoms with Crippen LogP contribution in [0, 0.1) is 0 Å². The molecule has 2 N–H and O–H groups in total. The maximum atomic E-state index is 12.8. The molecule has 2 fully saturated rings. The molecule has 2 aromatic carbocycles. The Morgan fingerprint density at radius 3 is 2.56 bits per heavy atom. The molecule has 210 valence electrons. The number of carbonyl (C=O) groups excluding carboxylic acids is 1. The number of carbonyl (C=O) groups is 1. The number of hydrogen-bond acceptors (Lipinski definition) is 6. The number of nitrogens with one attached hydrogen (secondary N) is 2. The standard InChI is InChI=1S/C32H35N7O2/c1-32(2,3)41-31(40)39-14-6-9-28(39)30-34-23-13-12-21(17-26(23)35-30)24-15-20-10-11-22(16-25(20)38-37-24)27-18-33-29(36-27)19-7-4-5-8-19/h10-13,15-19,28H,4-9,14H2,1-3H3,(H,33,36)(H,34,35). The highest BCUT2D eigenvalue weighted by Crippen LogP contribution is 2.35. The smallest absolute Gasteiger partial charge is 0.410 e. The number of nitrogens with zero attached hydrogens (tertiary/aromatic N) is 5. The van der Waals surface area contributed by atoms with E-state index in [4.69, 9.17) is 9.72 Å². The number of aromatic nitrogens is 6. The minimum absolute atomic E-state index is 0.125. The molecule has 9 nitrogen and oxygen atoms in total. The molecule has 0 bridgehead atoms. The van der Waals surface area contributed by atoms with Crippen molar-refractivity contribution >= 4 is 28.0 Å². The van der Waals surface area contributed by atoms with Crippen LogP contribution in [0.2, 0.25) is 0 Å². The Balaban J connectivity index is 1.13. The zero-order valence-corrected chi connectivity index (χ0v) is 23.8. The van der Waals surface area contributed by atoms with Crippen molar-refractivity contribution in [1.82, 2.24) is 35.0 Å². The fourth-order valence-corrected chi connectivity index (χ4v) is 6.17. The van der Waals surface area contributed by atoms with Gasteiger partial charge in [0.15, 0.2) is 0 Å². The van der Waals surface area contributed by atoms with E-state index in [1.54, 1.807) is 4.90 Å². The first-order valence-electron chi connectivity index (χ1n) is 14.6. The number of rotatable bonds is 4. The molecule has 4 heterocycles. The van der Waals surface area contributed by atoms with Crippen molar-refractivity contribution in [1.29, 1.82) is 0 Å². The summed E-state index contributed by atoms with van der Waals surface area (Å²) in [4.78, 5) is 31.1. The van der Waals surface area contributed by atoms with Gasteiger partial charge in [-0.05, 0) is 70.7 Å². The van der Waals surface area contributed by atoms with Crippen LogP contribution in [0.5, 0.6) is 0 Å². The van der Waals surface area contributed by atoms with E-state index in [2.05, 4.69) is 55.5 Å². The summed E-state index contributed by atoms with van der Waals surface area (Å²) in [6.45, 7) is 6.33. The molecule has 2 aliphatic rings. The first kappa shape index (κ1) is 25.7. The van der Waals surface area contributed by atoms with Crippen LogP contribution in [-0.4, -0.2) is 53.3 Å². The second-order valence-corrected chi connectivity index (χ2v) is 12.4. The third kappa shape index (κ3) is 5.05. The molecule has 9 heteroatoms. The summed E-state index contributed by atoms with van der Waals surface area (Å²) in [6.07, 6.45) is 8.42. The summed E-state index contributed by atoms with van der Waals surface area (Å²) < 4.78 is 5.64. The van der Waals surface area contributed by atoms with Gasteiger partial charge in [-0.25, -0.2) is 14.8 Å². The van der Waals surface area contributed by atoms with Crippen LogP contribution in [0.15, 0.2) is 48.7 Å². The summed E-state index contributed by atoms with van der Waals surface area (Å²) in [6, 6.07) is 14.3. The minimum Gasteiger partial charge on any atom is -0.444 e. The number of amides is 1. The predicted molar refractivity (Wildman–Crippen MR) is 158 cm³/mol. The Kier molecular flexibility index (Phi) is 6.25. The molecule has 41 heavy (non-hydrogen) atoms. The number of likely N-dealkylation sites (tertiary alicyclic amines) is 1. The van der Waals surface area contributed by atoms with Crippen LogP contribution in [0.25, 0.3) is 44.5 Å². The van der Waals surface area contributed by atoms with Crippen molar-refractivity contribution in [3.8, 4) is 22.5 Å². The van der Waals surface area contributed by atoms with Gasteiger partial charge >= 0.3 is 6.09 Å². The van der Waals surface area contributed by atoms with Gasteiger partial charge in [0, 0.05) is 29.0 Å². The molecule has 7 rings (SSSR count). The summed E-state index contributed by atoms with van der Waals surface area (Å²) in [5, 5.41) is 10.2. The topological polar surface area (TPSA) is 113 Å². The number of fused-ring (bicyclic) bond motifs is 2. The van der Waals surface area contributed by atoms with Crippen LogP contribution < -0.4 is 0 Å². The maximum absolute atomic E-state index is 12.8. The zero-order valence-electron chi connectivity index (χ0n) is 23.8. The first-order valence-corrected chi connectivity index (χ1v) is 14.6. The van der Waals surface area contributed by atoms with Crippen molar-refractivity contribution in [2.75, 3.05) is 6.54 Å². The third-order valence-corrected chi connectivity index (χ3v) is 8.23. The van der Waals surface area contributed by atoms with Gasteiger partial charge in [-0.15, -0.1) is 10.2 Å². The monoisotopic (exact) mass is 549 g/mol. The molecule has 0 radical (unpaired) electrons. The quantitative estimate of drug-likeness (QED) is 0.243. The molecule has 3 aromatic heterocycles. The molecule has 1 saturated carbocycles. The summed E-state index contributed by atoms with van der Waals surface area (Å²) in [5.74, 6) is 2.44. The normalized spacial score (nSPS) is 18.1. The average Bonchev–Trinajstić information content (AvgIpc) is 3.77. The van der Waals surface area contributed by atoms with Crippen LogP contribution >= 0.6 is 0 Å². The highest BCUT2D eigenvalue weighted by Gasteiger charge is 2.35. The average molecular weight is 550 g/mol. The van der Waals surface area contributed by atoms with Crippen LogP contribution in [0.3, 0.4) is 0 Å². The first-order chi connectivity index (χ1) is 19.8. The van der Waals surface area contributed by atoms with Gasteiger partial charge in [-0.2, -0.15) is 0 Å². The lowest BCUT2D eigenvalue weighted by molar-refractivity contribution is 0.0219. The highest BCUT2D eigenvalue weighted by molar-refractivity contribution is 5.87. The van der Waals surface area contributed by atoms with E-state index < -0.39 is 5.60 Å². The van der Waals surface area contributed by atoms with Gasteiger partial charge < -0.3 is 14.7 Å². The molecule has 1 aliphatic heterocycles. The lowest BCUT2D eigenvalue weighted by Gasteiger charge is -2.27. The SMILES string of the molecule is CC(C)(C)OC(=O)N1CCCC1c1nc2ccc(-c3cc4ccc(-c5cnc(C6CCCC6)[nH]5)cc4nn3)cc2[nH]1. The molecular weight excluding hydrogens is 514 g/mol. The van der Waals surface area contributed by atoms with E-state index in [9.17, 15) is 4.79 Å². The van der Waals surface area contributed by atoms with Gasteiger partial charge in [0.05, 0.1) is 40.2 Å². The van der Waals surface area contributed by atoms with Crippen molar-refractivity contribution in [3.05, 3.63) is 60.3 Å². The molecular formula is C32H35N7O2. The van der Waals surface area contributed by atoms with E-state index in [0.717, 1.165) is 68.9 Å². The van der Waals surface area contributed by atoms with Gasteiger partial charge in [0.25, 0.3) is 0 Å². The lowest BCUT2D eigenvalue weighted by atomic mass is 10.1. The van der Waals surface area contributed by atoms with Crippen molar-refractivity contribution in [2.24, 2.45) is 0 Å². The van der Waals surface area contributed by atoms with Gasteiger partial charge in [0.1, 0.15) is 17.2 Å². The fourth-order valence-electron chi connectivity index (χ4n) is 6.17. The van der Waals surface area contributed by atoms with Crippen LogP contribution in [0.4, 0.5) is 4.79 Å². The van der Waals surface area contributed by atoms with Crippen molar-refractivity contribution < 1.29 is 9.53 Å². The van der Waals surface area contributed by atoms with Gasteiger partial charge in [-0.1, -0.05) is 31.0 Å². The third-order valence-electron chi connectivity index (χ3n) is 8.23. The lowest BCUT2D eigenvalue weighted by Crippen LogP contribution is -2.36. The van der Waals surface area contributed by atoms with Crippen molar-refractivity contribution in [2.45, 2.75) is 76.9 Å². The molecule has 5 aromatic rings. The molecule has 1 atom stereocenters.